The first kappa shape index (κ1) is 12.9. The van der Waals surface area contributed by atoms with Gasteiger partial charge >= 0.3 is 5.97 Å². The van der Waals surface area contributed by atoms with E-state index in [0.29, 0.717) is 12.1 Å². The molecule has 0 fully saturated rings. The quantitative estimate of drug-likeness (QED) is 0.855. The van der Waals surface area contributed by atoms with Crippen molar-refractivity contribution in [1.82, 2.24) is 0 Å². The lowest BCUT2D eigenvalue weighted by Gasteiger charge is -2.32. The fourth-order valence-electron chi connectivity index (χ4n) is 2.38. The van der Waals surface area contributed by atoms with Gasteiger partial charge in [-0.25, -0.2) is 4.79 Å². The Balaban J connectivity index is 2.24. The Kier molecular flexibility index (Phi) is 3.87. The smallest absolute Gasteiger partial charge is 0.335 e. The topological polar surface area (TPSA) is 60.8 Å². The summed E-state index contributed by atoms with van der Waals surface area (Å²) in [7, 11) is 0. The van der Waals surface area contributed by atoms with Crippen molar-refractivity contribution in [2.75, 3.05) is 18.0 Å². The molecule has 0 saturated carbocycles. The highest BCUT2D eigenvalue weighted by Gasteiger charge is 2.19. The molecule has 4 heteroatoms. The Labute approximate surface area is 107 Å². The number of hydrogen-bond acceptors (Lipinski definition) is 3. The van der Waals surface area contributed by atoms with Crippen molar-refractivity contribution in [3.05, 3.63) is 29.3 Å². The van der Waals surface area contributed by atoms with E-state index in [1.807, 2.05) is 13.0 Å². The number of β-amino-alcohol motifs (C(OH)–C–C–N with tert-alkyl or cyclic N) is 1. The van der Waals surface area contributed by atoms with E-state index in [0.717, 1.165) is 37.1 Å². The van der Waals surface area contributed by atoms with E-state index in [9.17, 15) is 9.90 Å². The molecule has 0 aliphatic carbocycles. The minimum atomic E-state index is -0.886. The zero-order valence-corrected chi connectivity index (χ0v) is 10.6. The molecule has 0 bridgehead atoms. The summed E-state index contributed by atoms with van der Waals surface area (Å²) in [5.74, 6) is -0.886. The molecule has 1 aliphatic heterocycles. The van der Waals surface area contributed by atoms with Gasteiger partial charge in [-0.3, -0.25) is 0 Å². The van der Waals surface area contributed by atoms with Crippen LogP contribution >= 0.6 is 0 Å². The number of fused-ring (bicyclic) bond motifs is 1. The third-order valence-electron chi connectivity index (χ3n) is 3.44. The normalized spacial score (nSPS) is 16.2. The number of benzene rings is 1. The summed E-state index contributed by atoms with van der Waals surface area (Å²) < 4.78 is 0. The van der Waals surface area contributed by atoms with Gasteiger partial charge in [0.2, 0.25) is 0 Å². The standard InChI is InChI=1S/C14H19NO3/c1-2-12(16)9-15-7-3-4-10-8-11(14(17)18)5-6-13(10)15/h5-6,8,12,16H,2-4,7,9H2,1H3,(H,17,18). The van der Waals surface area contributed by atoms with Gasteiger partial charge in [-0.05, 0) is 43.0 Å². The van der Waals surface area contributed by atoms with Gasteiger partial charge in [0.05, 0.1) is 11.7 Å². The molecule has 1 unspecified atom stereocenters. The number of nitrogens with zero attached hydrogens (tertiary/aromatic N) is 1. The lowest BCUT2D eigenvalue weighted by Crippen LogP contribution is -2.36. The first-order valence-electron chi connectivity index (χ1n) is 6.41. The second-order valence-corrected chi connectivity index (χ2v) is 4.76. The number of aromatic carboxylic acids is 1. The van der Waals surface area contributed by atoms with Crippen molar-refractivity contribution in [1.29, 1.82) is 0 Å². The number of rotatable bonds is 4. The number of carboxylic acid groups (broad SMARTS) is 1. The van der Waals surface area contributed by atoms with Crippen LogP contribution in [-0.2, 0) is 6.42 Å². The van der Waals surface area contributed by atoms with Gasteiger partial charge in [-0.1, -0.05) is 6.92 Å². The molecule has 4 nitrogen and oxygen atoms in total. The summed E-state index contributed by atoms with van der Waals surface area (Å²) in [6, 6.07) is 5.25. The van der Waals surface area contributed by atoms with Crippen LogP contribution in [0.25, 0.3) is 0 Å². The number of aliphatic hydroxyl groups is 1. The van der Waals surface area contributed by atoms with Crippen LogP contribution in [0.1, 0.15) is 35.7 Å². The summed E-state index contributed by atoms with van der Waals surface area (Å²) in [4.78, 5) is 13.1. The second-order valence-electron chi connectivity index (χ2n) is 4.76. The van der Waals surface area contributed by atoms with Crippen LogP contribution in [0.2, 0.25) is 0 Å². The van der Waals surface area contributed by atoms with Crippen molar-refractivity contribution in [2.45, 2.75) is 32.3 Å². The second kappa shape index (κ2) is 5.40. The molecule has 1 atom stereocenters. The molecule has 2 N–H and O–H groups in total. The zero-order valence-electron chi connectivity index (χ0n) is 10.6. The minimum Gasteiger partial charge on any atom is -0.478 e. The molecule has 0 saturated heterocycles. The average molecular weight is 249 g/mol. The predicted octanol–water partition coefficient (Wildman–Crippen LogP) is 1.91. The highest BCUT2D eigenvalue weighted by atomic mass is 16.4. The van der Waals surface area contributed by atoms with E-state index in [2.05, 4.69) is 4.90 Å². The van der Waals surface area contributed by atoms with E-state index in [4.69, 9.17) is 5.11 Å². The third-order valence-corrected chi connectivity index (χ3v) is 3.44. The Hall–Kier alpha value is -1.55. The molecule has 0 spiro atoms. The molecule has 0 radical (unpaired) electrons. The molecular formula is C14H19NO3. The van der Waals surface area contributed by atoms with Gasteiger partial charge in [0.1, 0.15) is 0 Å². The largest absolute Gasteiger partial charge is 0.478 e. The Morgan fingerprint density at radius 3 is 2.94 bits per heavy atom. The van der Waals surface area contributed by atoms with Gasteiger partial charge in [-0.2, -0.15) is 0 Å². The summed E-state index contributed by atoms with van der Waals surface area (Å²) in [5, 5.41) is 18.7. The van der Waals surface area contributed by atoms with E-state index in [-0.39, 0.29) is 6.10 Å². The summed E-state index contributed by atoms with van der Waals surface area (Å²) in [5.41, 5.74) is 2.48. The van der Waals surface area contributed by atoms with E-state index in [1.54, 1.807) is 12.1 Å². The molecule has 1 aliphatic rings. The van der Waals surface area contributed by atoms with Gasteiger partial charge in [-0.15, -0.1) is 0 Å². The highest BCUT2D eigenvalue weighted by molar-refractivity contribution is 5.88. The Bertz CT molecular complexity index is 445. The maximum atomic E-state index is 10.9. The van der Waals surface area contributed by atoms with Gasteiger partial charge in [0.15, 0.2) is 0 Å². The molecule has 1 aromatic rings. The van der Waals surface area contributed by atoms with Gasteiger partial charge < -0.3 is 15.1 Å². The fourth-order valence-corrected chi connectivity index (χ4v) is 2.38. The molecule has 18 heavy (non-hydrogen) atoms. The first-order valence-corrected chi connectivity index (χ1v) is 6.41. The first-order chi connectivity index (χ1) is 8.61. The van der Waals surface area contributed by atoms with E-state index >= 15 is 0 Å². The van der Waals surface area contributed by atoms with Crippen molar-refractivity contribution in [3.63, 3.8) is 0 Å². The lowest BCUT2D eigenvalue weighted by molar-refractivity contribution is 0.0696. The van der Waals surface area contributed by atoms with E-state index < -0.39 is 5.97 Å². The van der Waals surface area contributed by atoms with Crippen molar-refractivity contribution in [2.24, 2.45) is 0 Å². The van der Waals surface area contributed by atoms with Crippen LogP contribution in [0, 0.1) is 0 Å². The Morgan fingerprint density at radius 2 is 2.28 bits per heavy atom. The van der Waals surface area contributed by atoms with Crippen molar-refractivity contribution in [3.8, 4) is 0 Å². The number of anilines is 1. The zero-order chi connectivity index (χ0) is 13.1. The molecule has 98 valence electrons. The number of aryl methyl sites for hydroxylation is 1. The van der Waals surface area contributed by atoms with Crippen molar-refractivity contribution < 1.29 is 15.0 Å². The summed E-state index contributed by atoms with van der Waals surface area (Å²) in [6.45, 7) is 3.51. The molecule has 1 heterocycles. The van der Waals surface area contributed by atoms with Crippen molar-refractivity contribution >= 4 is 11.7 Å². The summed E-state index contributed by atoms with van der Waals surface area (Å²) >= 11 is 0. The van der Waals surface area contributed by atoms with Gasteiger partial charge in [0.25, 0.3) is 0 Å². The number of aliphatic hydroxyl groups excluding tert-OH is 1. The van der Waals surface area contributed by atoms with Crippen LogP contribution in [0.4, 0.5) is 5.69 Å². The molecule has 2 rings (SSSR count). The van der Waals surface area contributed by atoms with Crippen LogP contribution in [0.5, 0.6) is 0 Å². The number of hydrogen-bond donors (Lipinski definition) is 2. The van der Waals surface area contributed by atoms with Crippen LogP contribution in [-0.4, -0.2) is 35.4 Å². The summed E-state index contributed by atoms with van der Waals surface area (Å²) in [6.07, 6.45) is 2.33. The molecule has 0 amide bonds. The van der Waals surface area contributed by atoms with Crippen LogP contribution in [0.3, 0.4) is 0 Å². The third kappa shape index (κ3) is 2.64. The molecule has 0 aromatic heterocycles. The van der Waals surface area contributed by atoms with Crippen LogP contribution in [0.15, 0.2) is 18.2 Å². The average Bonchev–Trinajstić information content (AvgIpc) is 2.38. The maximum absolute atomic E-state index is 10.9. The number of carboxylic acids is 1. The monoisotopic (exact) mass is 249 g/mol. The molecule has 1 aromatic carbocycles. The number of carbonyl (C=O) groups is 1. The fraction of sp³-hybridized carbons (Fsp3) is 0.500. The molecular weight excluding hydrogens is 230 g/mol. The maximum Gasteiger partial charge on any atom is 0.335 e. The minimum absolute atomic E-state index is 0.324. The Morgan fingerprint density at radius 1 is 1.50 bits per heavy atom. The van der Waals surface area contributed by atoms with Crippen LogP contribution < -0.4 is 4.90 Å². The lowest BCUT2D eigenvalue weighted by atomic mass is 9.98. The highest BCUT2D eigenvalue weighted by Crippen LogP contribution is 2.28. The predicted molar refractivity (Wildman–Crippen MR) is 70.2 cm³/mol. The SMILES string of the molecule is CCC(O)CN1CCCc2cc(C(=O)O)ccc21. The van der Waals surface area contributed by atoms with E-state index in [1.165, 1.54) is 0 Å². The van der Waals surface area contributed by atoms with Gasteiger partial charge in [0, 0.05) is 18.8 Å².